The van der Waals surface area contributed by atoms with E-state index >= 15 is 0 Å². The highest BCUT2D eigenvalue weighted by atomic mass is 16.6. The van der Waals surface area contributed by atoms with Gasteiger partial charge < -0.3 is 29.9 Å². The molecule has 0 amide bonds. The van der Waals surface area contributed by atoms with Crippen LogP contribution in [0.1, 0.15) is 46.0 Å². The molecule has 4 aliphatic carbocycles. The van der Waals surface area contributed by atoms with Crippen molar-refractivity contribution in [3.8, 4) is 0 Å². The first kappa shape index (κ1) is 19.9. The Balaban J connectivity index is 1.68. The summed E-state index contributed by atoms with van der Waals surface area (Å²) in [6.07, 6.45) is 0.139. The van der Waals surface area contributed by atoms with E-state index in [1.165, 1.54) is 6.92 Å². The lowest BCUT2D eigenvalue weighted by atomic mass is 9.36. The van der Waals surface area contributed by atoms with Gasteiger partial charge in [0.05, 0.1) is 30.8 Å². The molecule has 2 aliphatic heterocycles. The molecule has 4 saturated carbocycles. The maximum atomic E-state index is 11.8. The summed E-state index contributed by atoms with van der Waals surface area (Å²) < 4.78 is 11.3. The zero-order chi connectivity index (χ0) is 21.0. The lowest BCUT2D eigenvalue weighted by molar-refractivity contribution is -0.467. The topological polar surface area (TPSA) is 116 Å². The summed E-state index contributed by atoms with van der Waals surface area (Å²) in [5, 5.41) is 45.9. The minimum Gasteiger partial charge on any atom is -0.465 e. The molecule has 10 atom stereocenters. The normalized spacial score (nSPS) is 57.9. The Hall–Kier alpha value is -0.990. The van der Waals surface area contributed by atoms with Crippen LogP contribution in [0.5, 0.6) is 0 Å². The van der Waals surface area contributed by atoms with E-state index in [9.17, 15) is 25.2 Å². The van der Waals surface area contributed by atoms with E-state index in [4.69, 9.17) is 9.47 Å². The van der Waals surface area contributed by atoms with Crippen LogP contribution in [0.4, 0.5) is 0 Å². The summed E-state index contributed by atoms with van der Waals surface area (Å²) in [6, 6.07) is 0. The summed E-state index contributed by atoms with van der Waals surface area (Å²) in [6.45, 7) is 7.64. The molecule has 7 nitrogen and oxygen atoms in total. The number of carbonyl (C=O) groups excluding carboxylic acids is 1. The van der Waals surface area contributed by atoms with Gasteiger partial charge in [0.2, 0.25) is 5.79 Å². The Morgan fingerprint density at radius 3 is 2.69 bits per heavy atom. The molecule has 2 saturated heterocycles. The number of hydrogen-bond acceptors (Lipinski definition) is 7. The third-order valence-corrected chi connectivity index (χ3v) is 9.49. The van der Waals surface area contributed by atoms with Crippen LogP contribution in [0.2, 0.25) is 0 Å². The Morgan fingerprint density at radius 1 is 1.28 bits per heavy atom. The lowest BCUT2D eigenvalue weighted by Crippen LogP contribution is -2.84. The second-order valence-corrected chi connectivity index (χ2v) is 10.6. The Morgan fingerprint density at radius 2 is 2.00 bits per heavy atom. The summed E-state index contributed by atoms with van der Waals surface area (Å²) in [7, 11) is 0. The molecule has 0 aromatic carbocycles. The van der Waals surface area contributed by atoms with Gasteiger partial charge in [0, 0.05) is 23.7 Å². The molecule has 7 heteroatoms. The zero-order valence-electron chi connectivity index (χ0n) is 17.1. The van der Waals surface area contributed by atoms with Gasteiger partial charge in [-0.2, -0.15) is 0 Å². The van der Waals surface area contributed by atoms with Gasteiger partial charge in [0.15, 0.2) is 0 Å². The maximum Gasteiger partial charge on any atom is 0.302 e. The van der Waals surface area contributed by atoms with Crippen LogP contribution in [0.3, 0.4) is 0 Å². The molecule has 4 N–H and O–H groups in total. The Labute approximate surface area is 170 Å². The molecule has 2 heterocycles. The zero-order valence-corrected chi connectivity index (χ0v) is 17.1. The molecule has 4 bridgehead atoms. The van der Waals surface area contributed by atoms with Crippen LogP contribution in [0, 0.1) is 34.0 Å². The van der Waals surface area contributed by atoms with Crippen molar-refractivity contribution in [1.29, 1.82) is 0 Å². The summed E-state index contributed by atoms with van der Waals surface area (Å²) in [5.74, 6) is -2.94. The van der Waals surface area contributed by atoms with Crippen molar-refractivity contribution in [1.82, 2.24) is 0 Å². The highest BCUT2D eigenvalue weighted by Crippen LogP contribution is 2.77. The molecular formula is C22H32O7. The minimum atomic E-state index is -1.92. The smallest absolute Gasteiger partial charge is 0.302 e. The summed E-state index contributed by atoms with van der Waals surface area (Å²) in [4.78, 5) is 11.5. The maximum absolute atomic E-state index is 11.8. The van der Waals surface area contributed by atoms with Gasteiger partial charge in [0.25, 0.3) is 0 Å². The summed E-state index contributed by atoms with van der Waals surface area (Å²) in [5.41, 5.74) is -1.79. The average molecular weight is 408 g/mol. The highest BCUT2D eigenvalue weighted by molar-refractivity contribution is 5.65. The number of ether oxygens (including phenoxy) is 2. The molecule has 162 valence electrons. The molecule has 0 radical (unpaired) electrons. The SMILES string of the molecule is C=C1[C@@H]2CC[C@H]3[C@@]45CO[C@@](O)([C@H](O)[C@@H]4[C@](C)(COC(C)=O)CC[C@H]5O)[C@]3(C2)[C@@H]1O. The third kappa shape index (κ3) is 2.04. The van der Waals surface area contributed by atoms with E-state index in [-0.39, 0.29) is 25.0 Å². The molecule has 6 rings (SSSR count). The largest absolute Gasteiger partial charge is 0.465 e. The van der Waals surface area contributed by atoms with E-state index in [2.05, 4.69) is 6.58 Å². The highest BCUT2D eigenvalue weighted by Gasteiger charge is 2.84. The number of hydrogen-bond donors (Lipinski definition) is 4. The molecule has 2 spiro atoms. The van der Waals surface area contributed by atoms with E-state index in [1.54, 1.807) is 0 Å². The first-order valence-corrected chi connectivity index (χ1v) is 10.8. The monoisotopic (exact) mass is 408 g/mol. The number of carbonyl (C=O) groups is 1. The molecule has 6 fully saturated rings. The van der Waals surface area contributed by atoms with E-state index in [0.29, 0.717) is 24.8 Å². The van der Waals surface area contributed by atoms with Gasteiger partial charge in [-0.3, -0.25) is 4.79 Å². The van der Waals surface area contributed by atoms with Gasteiger partial charge >= 0.3 is 5.97 Å². The predicted molar refractivity (Wildman–Crippen MR) is 101 cm³/mol. The lowest BCUT2D eigenvalue weighted by Gasteiger charge is -2.75. The van der Waals surface area contributed by atoms with Crippen molar-refractivity contribution in [2.45, 2.75) is 70.1 Å². The van der Waals surface area contributed by atoms with Crippen molar-refractivity contribution < 1.29 is 34.7 Å². The van der Waals surface area contributed by atoms with Crippen molar-refractivity contribution >= 4 is 5.97 Å². The standard InChI is InChI=1S/C22H32O7/c1-11-13-4-5-14-20-10-29-22(27,21(14,8-13)17(11)25)18(26)16(20)19(3,7-6-15(20)24)9-28-12(2)23/h13-18,24-27H,1,4-10H2,2-3H3/t13-,14+,15-,16-,17-,18-,19+,20-,21+,22+/m1/s1. The van der Waals surface area contributed by atoms with E-state index < -0.39 is 52.2 Å². The predicted octanol–water partition coefficient (Wildman–Crippen LogP) is 0.740. The first-order valence-electron chi connectivity index (χ1n) is 10.8. The van der Waals surface area contributed by atoms with Gasteiger partial charge in [-0.25, -0.2) is 0 Å². The number of rotatable bonds is 2. The van der Waals surface area contributed by atoms with Crippen LogP contribution in [0.25, 0.3) is 0 Å². The van der Waals surface area contributed by atoms with E-state index in [1.807, 2.05) is 6.92 Å². The minimum absolute atomic E-state index is 0.0865. The van der Waals surface area contributed by atoms with Gasteiger partial charge in [0.1, 0.15) is 6.10 Å². The van der Waals surface area contributed by atoms with Crippen molar-refractivity contribution in [3.05, 3.63) is 12.2 Å². The van der Waals surface area contributed by atoms with Crippen molar-refractivity contribution in [2.75, 3.05) is 13.2 Å². The molecule has 0 aromatic heterocycles. The third-order valence-electron chi connectivity index (χ3n) is 9.49. The number of aliphatic hydroxyl groups excluding tert-OH is 3. The van der Waals surface area contributed by atoms with E-state index in [0.717, 1.165) is 12.8 Å². The fourth-order valence-electron chi connectivity index (χ4n) is 8.33. The van der Waals surface area contributed by atoms with Crippen LogP contribution < -0.4 is 0 Å². The summed E-state index contributed by atoms with van der Waals surface area (Å²) >= 11 is 0. The van der Waals surface area contributed by atoms with Crippen LogP contribution in [0.15, 0.2) is 12.2 Å². The van der Waals surface area contributed by atoms with Crippen LogP contribution >= 0.6 is 0 Å². The first-order chi connectivity index (χ1) is 13.5. The fraction of sp³-hybridized carbons (Fsp3) is 0.864. The quantitative estimate of drug-likeness (QED) is 0.393. The van der Waals surface area contributed by atoms with Crippen LogP contribution in [-0.4, -0.2) is 63.7 Å². The molecule has 0 unspecified atom stereocenters. The molecule has 29 heavy (non-hydrogen) atoms. The van der Waals surface area contributed by atoms with Crippen molar-refractivity contribution in [3.63, 3.8) is 0 Å². The Kier molecular flexibility index (Phi) is 4.01. The number of esters is 1. The molecule has 0 aromatic rings. The molecule has 6 aliphatic rings. The average Bonchev–Trinajstić information content (AvgIpc) is 2.87. The van der Waals surface area contributed by atoms with Gasteiger partial charge in [-0.1, -0.05) is 13.5 Å². The fourth-order valence-corrected chi connectivity index (χ4v) is 8.33. The van der Waals surface area contributed by atoms with Crippen LogP contribution in [-0.2, 0) is 14.3 Å². The van der Waals surface area contributed by atoms with Gasteiger partial charge in [-0.05, 0) is 49.5 Å². The molecular weight excluding hydrogens is 376 g/mol. The number of fused-ring (bicyclic) bond motifs is 2. The van der Waals surface area contributed by atoms with Crippen molar-refractivity contribution in [2.24, 2.45) is 34.0 Å². The second kappa shape index (κ2) is 5.82. The Bertz CT molecular complexity index is 768. The second-order valence-electron chi connectivity index (χ2n) is 10.6. The number of aliphatic hydroxyl groups is 4. The van der Waals surface area contributed by atoms with Gasteiger partial charge in [-0.15, -0.1) is 0 Å².